The molecule has 1 saturated heterocycles. The fourth-order valence-electron chi connectivity index (χ4n) is 4.19. The first-order valence-electron chi connectivity index (χ1n) is 9.73. The third-order valence-corrected chi connectivity index (χ3v) is 6.70. The van der Waals surface area contributed by atoms with Crippen molar-refractivity contribution in [1.82, 2.24) is 25.0 Å². The van der Waals surface area contributed by atoms with E-state index in [2.05, 4.69) is 19.9 Å². The minimum atomic E-state index is 0.629. The second kappa shape index (κ2) is 6.83. The third-order valence-electron chi connectivity index (χ3n) is 5.51. The van der Waals surface area contributed by atoms with Crippen LogP contribution in [0.4, 0.5) is 5.82 Å². The molecule has 7 nitrogen and oxygen atoms in total. The highest BCUT2D eigenvalue weighted by molar-refractivity contribution is 7.19. The Labute approximate surface area is 162 Å². The summed E-state index contributed by atoms with van der Waals surface area (Å²) in [5.41, 5.74) is 1.51. The predicted molar refractivity (Wildman–Crippen MR) is 105 cm³/mol. The normalized spacial score (nSPS) is 18.2. The van der Waals surface area contributed by atoms with Gasteiger partial charge < -0.3 is 9.42 Å². The van der Waals surface area contributed by atoms with Crippen LogP contribution in [-0.4, -0.2) is 51.2 Å². The van der Waals surface area contributed by atoms with Crippen molar-refractivity contribution in [3.63, 3.8) is 0 Å². The van der Waals surface area contributed by atoms with Crippen LogP contribution in [0.25, 0.3) is 10.2 Å². The number of aromatic nitrogens is 4. The molecule has 3 aromatic heterocycles. The number of thiophene rings is 1. The highest BCUT2D eigenvalue weighted by Gasteiger charge is 2.26. The van der Waals surface area contributed by atoms with E-state index in [4.69, 9.17) is 14.5 Å². The van der Waals surface area contributed by atoms with Gasteiger partial charge in [0, 0.05) is 38.0 Å². The maximum Gasteiger partial charge on any atom is 0.223 e. The SMILES string of the molecule is Cc1nc(N2CCN(Cc3noc(C)n3)CC2)c2c3c(sc2n1)CCCC3. The van der Waals surface area contributed by atoms with Crippen molar-refractivity contribution in [1.29, 1.82) is 0 Å². The number of piperazine rings is 1. The zero-order chi connectivity index (χ0) is 18.4. The van der Waals surface area contributed by atoms with Gasteiger partial charge in [-0.15, -0.1) is 11.3 Å². The fourth-order valence-corrected chi connectivity index (χ4v) is 5.50. The van der Waals surface area contributed by atoms with Gasteiger partial charge in [-0.1, -0.05) is 5.16 Å². The molecule has 0 bridgehead atoms. The average Bonchev–Trinajstić information content (AvgIpc) is 3.24. The van der Waals surface area contributed by atoms with Crippen molar-refractivity contribution in [2.45, 2.75) is 46.1 Å². The van der Waals surface area contributed by atoms with Crippen molar-refractivity contribution in [2.24, 2.45) is 0 Å². The van der Waals surface area contributed by atoms with Crippen LogP contribution in [-0.2, 0) is 19.4 Å². The lowest BCUT2D eigenvalue weighted by atomic mass is 9.97. The quantitative estimate of drug-likeness (QED) is 0.687. The molecule has 0 saturated carbocycles. The Bertz CT molecular complexity index is 972. The number of nitrogens with zero attached hydrogens (tertiary/aromatic N) is 6. The lowest BCUT2D eigenvalue weighted by Crippen LogP contribution is -2.46. The van der Waals surface area contributed by atoms with Crippen molar-refractivity contribution in [2.75, 3.05) is 31.1 Å². The molecular weight excluding hydrogens is 360 g/mol. The Hall–Kier alpha value is -2.06. The first kappa shape index (κ1) is 17.1. The zero-order valence-electron chi connectivity index (χ0n) is 15.9. The lowest BCUT2D eigenvalue weighted by Gasteiger charge is -2.35. The van der Waals surface area contributed by atoms with Crippen molar-refractivity contribution in [3.8, 4) is 0 Å². The van der Waals surface area contributed by atoms with E-state index in [1.165, 1.54) is 46.3 Å². The van der Waals surface area contributed by atoms with Crippen LogP contribution in [0.5, 0.6) is 0 Å². The number of rotatable bonds is 3. The van der Waals surface area contributed by atoms with E-state index in [-0.39, 0.29) is 0 Å². The molecule has 4 heterocycles. The topological polar surface area (TPSA) is 71.2 Å². The molecule has 1 aliphatic carbocycles. The number of hydrogen-bond donors (Lipinski definition) is 0. The Morgan fingerprint density at radius 3 is 2.59 bits per heavy atom. The number of hydrogen-bond acceptors (Lipinski definition) is 8. The molecule has 3 aromatic rings. The van der Waals surface area contributed by atoms with E-state index >= 15 is 0 Å². The summed E-state index contributed by atoms with van der Waals surface area (Å²) in [6.07, 6.45) is 4.96. The summed E-state index contributed by atoms with van der Waals surface area (Å²) >= 11 is 1.88. The molecule has 5 rings (SSSR count). The first-order chi connectivity index (χ1) is 13.2. The van der Waals surface area contributed by atoms with Gasteiger partial charge in [0.15, 0.2) is 5.82 Å². The molecular formula is C19H24N6OS. The van der Waals surface area contributed by atoms with E-state index in [0.717, 1.165) is 50.2 Å². The van der Waals surface area contributed by atoms with Crippen molar-refractivity contribution >= 4 is 27.4 Å². The van der Waals surface area contributed by atoms with Crippen LogP contribution in [0.1, 0.15) is 40.8 Å². The van der Waals surface area contributed by atoms with Gasteiger partial charge in [0.2, 0.25) is 5.89 Å². The number of aryl methyl sites for hydroxylation is 4. The Balaban J connectivity index is 1.39. The van der Waals surface area contributed by atoms with Crippen molar-refractivity contribution in [3.05, 3.63) is 28.0 Å². The van der Waals surface area contributed by atoms with Gasteiger partial charge in [-0.3, -0.25) is 4.90 Å². The maximum atomic E-state index is 5.09. The van der Waals surface area contributed by atoms with Gasteiger partial charge in [0.25, 0.3) is 0 Å². The van der Waals surface area contributed by atoms with Gasteiger partial charge in [0.1, 0.15) is 16.5 Å². The summed E-state index contributed by atoms with van der Waals surface area (Å²) in [6.45, 7) is 8.47. The summed E-state index contributed by atoms with van der Waals surface area (Å²) in [7, 11) is 0. The van der Waals surface area contributed by atoms with E-state index in [1.807, 2.05) is 25.2 Å². The van der Waals surface area contributed by atoms with Gasteiger partial charge in [-0.25, -0.2) is 9.97 Å². The van der Waals surface area contributed by atoms with Crippen LogP contribution in [0.2, 0.25) is 0 Å². The smallest absolute Gasteiger partial charge is 0.223 e. The first-order valence-corrected chi connectivity index (χ1v) is 10.5. The molecule has 1 aliphatic heterocycles. The Morgan fingerprint density at radius 1 is 1.00 bits per heavy atom. The van der Waals surface area contributed by atoms with Crippen LogP contribution in [0.15, 0.2) is 4.52 Å². The fraction of sp³-hybridized carbons (Fsp3) is 0.579. The highest BCUT2D eigenvalue weighted by atomic mass is 32.1. The van der Waals surface area contributed by atoms with E-state index in [1.54, 1.807) is 0 Å². The molecule has 27 heavy (non-hydrogen) atoms. The van der Waals surface area contributed by atoms with Crippen LogP contribution in [0.3, 0.4) is 0 Å². The predicted octanol–water partition coefficient (Wildman–Crippen LogP) is 2.89. The van der Waals surface area contributed by atoms with Gasteiger partial charge in [-0.05, 0) is 38.2 Å². The lowest BCUT2D eigenvalue weighted by molar-refractivity contribution is 0.239. The molecule has 8 heteroatoms. The molecule has 0 aromatic carbocycles. The van der Waals surface area contributed by atoms with Gasteiger partial charge in [-0.2, -0.15) is 4.98 Å². The Kier molecular flexibility index (Phi) is 4.32. The molecule has 0 amide bonds. The minimum absolute atomic E-state index is 0.629. The standard InChI is InChI=1S/C19H24N6OS/c1-12-20-18(17-14-5-3-4-6-15(14)27-19(17)21-12)25-9-7-24(8-10-25)11-16-22-13(2)26-23-16/h3-11H2,1-2H3. The van der Waals surface area contributed by atoms with E-state index < -0.39 is 0 Å². The second-order valence-corrected chi connectivity index (χ2v) is 8.56. The molecule has 2 aliphatic rings. The zero-order valence-corrected chi connectivity index (χ0v) is 16.7. The van der Waals surface area contributed by atoms with Crippen molar-refractivity contribution < 1.29 is 4.52 Å². The molecule has 0 atom stereocenters. The molecule has 1 fully saturated rings. The van der Waals surface area contributed by atoms with E-state index in [9.17, 15) is 0 Å². The molecule has 142 valence electrons. The average molecular weight is 385 g/mol. The number of anilines is 1. The Morgan fingerprint density at radius 2 is 1.81 bits per heavy atom. The summed E-state index contributed by atoms with van der Waals surface area (Å²) in [4.78, 5) is 21.5. The monoisotopic (exact) mass is 384 g/mol. The van der Waals surface area contributed by atoms with Crippen LogP contribution >= 0.6 is 11.3 Å². The molecule has 0 N–H and O–H groups in total. The molecule has 0 unspecified atom stereocenters. The summed E-state index contributed by atoms with van der Waals surface area (Å²) in [5.74, 6) is 3.42. The molecule has 0 spiro atoms. The van der Waals surface area contributed by atoms with Gasteiger partial charge >= 0.3 is 0 Å². The largest absolute Gasteiger partial charge is 0.353 e. The third kappa shape index (κ3) is 3.21. The van der Waals surface area contributed by atoms with Crippen LogP contribution in [0, 0.1) is 13.8 Å². The summed E-state index contributed by atoms with van der Waals surface area (Å²) in [5, 5.41) is 5.34. The van der Waals surface area contributed by atoms with E-state index in [0.29, 0.717) is 5.89 Å². The molecule has 0 radical (unpaired) electrons. The van der Waals surface area contributed by atoms with Gasteiger partial charge in [0.05, 0.1) is 11.9 Å². The number of fused-ring (bicyclic) bond motifs is 3. The van der Waals surface area contributed by atoms with Crippen LogP contribution < -0.4 is 4.90 Å². The highest BCUT2D eigenvalue weighted by Crippen LogP contribution is 2.39. The maximum absolute atomic E-state index is 5.09. The minimum Gasteiger partial charge on any atom is -0.353 e. The summed E-state index contributed by atoms with van der Waals surface area (Å²) in [6, 6.07) is 0. The summed E-state index contributed by atoms with van der Waals surface area (Å²) < 4.78 is 5.09. The second-order valence-electron chi connectivity index (χ2n) is 7.48.